The minimum atomic E-state index is -0.208. The Morgan fingerprint density at radius 1 is 1.07 bits per heavy atom. The second kappa shape index (κ2) is 9.50. The number of amides is 1. The highest BCUT2D eigenvalue weighted by Gasteiger charge is 2.10. The van der Waals surface area contributed by atoms with E-state index < -0.39 is 0 Å². The van der Waals surface area contributed by atoms with Crippen molar-refractivity contribution in [2.45, 2.75) is 19.4 Å². The predicted octanol–water partition coefficient (Wildman–Crippen LogP) is 2.74. The average molecular weight is 394 g/mol. The molecule has 0 aliphatic rings. The smallest absolute Gasteiger partial charge is 0.266 e. The lowest BCUT2D eigenvalue weighted by Gasteiger charge is -2.12. The summed E-state index contributed by atoms with van der Waals surface area (Å²) in [6.07, 6.45) is 4.05. The number of pyridine rings is 1. The van der Waals surface area contributed by atoms with Gasteiger partial charge in [-0.05, 0) is 36.8 Å². The molecule has 0 spiro atoms. The van der Waals surface area contributed by atoms with Gasteiger partial charge in [-0.25, -0.2) is 4.68 Å². The molecule has 0 saturated heterocycles. The molecule has 1 aromatic carbocycles. The maximum absolute atomic E-state index is 12.3. The summed E-state index contributed by atoms with van der Waals surface area (Å²) in [6.45, 7) is 0.338. The van der Waals surface area contributed by atoms with E-state index in [1.54, 1.807) is 43.8 Å². The minimum Gasteiger partial charge on any atom is -0.497 e. The van der Waals surface area contributed by atoms with E-state index >= 15 is 0 Å². The third-order valence-electron chi connectivity index (χ3n) is 4.30. The van der Waals surface area contributed by atoms with E-state index in [4.69, 9.17) is 9.47 Å². The van der Waals surface area contributed by atoms with Crippen LogP contribution in [-0.2, 0) is 11.3 Å². The largest absolute Gasteiger partial charge is 0.497 e. The molecule has 3 rings (SSSR count). The number of hydrogen-bond acceptors (Lipinski definition) is 6. The first-order valence-corrected chi connectivity index (χ1v) is 9.11. The highest BCUT2D eigenvalue weighted by atomic mass is 16.5. The lowest BCUT2D eigenvalue weighted by molar-refractivity contribution is -0.116. The normalized spacial score (nSPS) is 10.4. The number of hydrogen-bond donors (Lipinski definition) is 1. The molecule has 29 heavy (non-hydrogen) atoms. The number of aromatic nitrogens is 3. The van der Waals surface area contributed by atoms with Crippen LogP contribution in [0.3, 0.4) is 0 Å². The molecule has 150 valence electrons. The van der Waals surface area contributed by atoms with E-state index in [9.17, 15) is 9.59 Å². The van der Waals surface area contributed by atoms with Gasteiger partial charge in [0.15, 0.2) is 0 Å². The number of benzene rings is 1. The van der Waals surface area contributed by atoms with Gasteiger partial charge in [0.2, 0.25) is 5.91 Å². The molecule has 8 nitrogen and oxygen atoms in total. The van der Waals surface area contributed by atoms with E-state index in [-0.39, 0.29) is 17.9 Å². The maximum atomic E-state index is 12.3. The third-order valence-corrected chi connectivity index (χ3v) is 4.30. The topological polar surface area (TPSA) is 95.3 Å². The molecule has 1 N–H and O–H groups in total. The summed E-state index contributed by atoms with van der Waals surface area (Å²) >= 11 is 0. The van der Waals surface area contributed by atoms with Gasteiger partial charge in [-0.15, -0.1) is 0 Å². The first-order valence-electron chi connectivity index (χ1n) is 9.11. The Morgan fingerprint density at radius 3 is 2.59 bits per heavy atom. The molecule has 0 fully saturated rings. The highest BCUT2D eigenvalue weighted by Crippen LogP contribution is 2.29. The molecule has 2 heterocycles. The Labute approximate surface area is 168 Å². The summed E-state index contributed by atoms with van der Waals surface area (Å²) in [6, 6.07) is 12.0. The lowest BCUT2D eigenvalue weighted by Crippen LogP contribution is -2.23. The average Bonchev–Trinajstić information content (AvgIpc) is 2.76. The van der Waals surface area contributed by atoms with E-state index in [0.29, 0.717) is 35.8 Å². The van der Waals surface area contributed by atoms with Gasteiger partial charge in [0, 0.05) is 43.1 Å². The second-order valence-electron chi connectivity index (χ2n) is 6.23. The lowest BCUT2D eigenvalue weighted by atomic mass is 10.2. The fraction of sp³-hybridized carbons (Fsp3) is 0.238. The molecule has 0 atom stereocenters. The number of ether oxygens (including phenoxy) is 2. The van der Waals surface area contributed by atoms with Crippen molar-refractivity contribution in [1.29, 1.82) is 0 Å². The van der Waals surface area contributed by atoms with Crippen LogP contribution in [0.15, 0.2) is 59.7 Å². The zero-order valence-electron chi connectivity index (χ0n) is 16.3. The van der Waals surface area contributed by atoms with Gasteiger partial charge in [-0.2, -0.15) is 5.10 Å². The molecule has 0 radical (unpaired) electrons. The zero-order valence-corrected chi connectivity index (χ0v) is 16.3. The van der Waals surface area contributed by atoms with Crippen molar-refractivity contribution in [3.05, 3.63) is 65.2 Å². The van der Waals surface area contributed by atoms with Crippen LogP contribution in [0.25, 0.3) is 11.3 Å². The summed E-state index contributed by atoms with van der Waals surface area (Å²) in [4.78, 5) is 28.3. The number of nitrogens with one attached hydrogen (secondary N) is 1. The van der Waals surface area contributed by atoms with Crippen molar-refractivity contribution in [2.75, 3.05) is 19.5 Å². The van der Waals surface area contributed by atoms with Crippen LogP contribution in [0.5, 0.6) is 11.5 Å². The Kier molecular flexibility index (Phi) is 6.57. The minimum absolute atomic E-state index is 0.174. The fourth-order valence-electron chi connectivity index (χ4n) is 2.79. The van der Waals surface area contributed by atoms with Crippen LogP contribution in [0, 0.1) is 0 Å². The Hall–Kier alpha value is -3.68. The number of carbonyl (C=O) groups excluding carboxylic acids is 1. The maximum Gasteiger partial charge on any atom is 0.266 e. The van der Waals surface area contributed by atoms with Crippen molar-refractivity contribution >= 4 is 11.6 Å². The number of rotatable bonds is 8. The van der Waals surface area contributed by atoms with Gasteiger partial charge in [0.1, 0.15) is 11.5 Å². The van der Waals surface area contributed by atoms with Crippen LogP contribution in [0.1, 0.15) is 12.8 Å². The van der Waals surface area contributed by atoms with Crippen molar-refractivity contribution < 1.29 is 14.3 Å². The Bertz CT molecular complexity index is 1030. The number of carbonyl (C=O) groups is 1. The number of aryl methyl sites for hydroxylation is 1. The zero-order chi connectivity index (χ0) is 20.6. The van der Waals surface area contributed by atoms with Gasteiger partial charge in [0.25, 0.3) is 5.56 Å². The van der Waals surface area contributed by atoms with Gasteiger partial charge in [-0.3, -0.25) is 14.6 Å². The summed E-state index contributed by atoms with van der Waals surface area (Å²) in [7, 11) is 3.09. The van der Waals surface area contributed by atoms with Crippen LogP contribution in [0.4, 0.5) is 5.69 Å². The Morgan fingerprint density at radius 2 is 1.86 bits per heavy atom. The van der Waals surface area contributed by atoms with Gasteiger partial charge in [0.05, 0.1) is 25.6 Å². The molecular weight excluding hydrogens is 372 g/mol. The molecule has 1 amide bonds. The monoisotopic (exact) mass is 394 g/mol. The summed E-state index contributed by atoms with van der Waals surface area (Å²) in [5.74, 6) is 0.979. The molecule has 0 unspecified atom stereocenters. The van der Waals surface area contributed by atoms with Crippen LogP contribution in [0.2, 0.25) is 0 Å². The van der Waals surface area contributed by atoms with Gasteiger partial charge >= 0.3 is 0 Å². The van der Waals surface area contributed by atoms with E-state index in [2.05, 4.69) is 15.4 Å². The first kappa shape index (κ1) is 20.1. The SMILES string of the molecule is COc1ccc(NC(=O)CCCn2nc(-c3ccncc3)ccc2=O)c(OC)c1. The second-order valence-corrected chi connectivity index (χ2v) is 6.23. The molecule has 0 aliphatic heterocycles. The predicted molar refractivity (Wildman–Crippen MR) is 109 cm³/mol. The molecule has 2 aromatic heterocycles. The van der Waals surface area contributed by atoms with Crippen molar-refractivity contribution in [3.8, 4) is 22.8 Å². The molecule has 3 aromatic rings. The van der Waals surface area contributed by atoms with Crippen molar-refractivity contribution in [2.24, 2.45) is 0 Å². The quantitative estimate of drug-likeness (QED) is 0.631. The summed E-state index contributed by atoms with van der Waals surface area (Å²) < 4.78 is 11.8. The van der Waals surface area contributed by atoms with Gasteiger partial charge in [-0.1, -0.05) is 0 Å². The van der Waals surface area contributed by atoms with E-state index in [1.165, 1.54) is 17.9 Å². The third kappa shape index (κ3) is 5.19. The van der Waals surface area contributed by atoms with Crippen LogP contribution >= 0.6 is 0 Å². The number of methoxy groups -OCH3 is 2. The number of anilines is 1. The molecule has 0 aliphatic carbocycles. The molecule has 0 saturated carbocycles. The molecule has 0 bridgehead atoms. The fourth-order valence-corrected chi connectivity index (χ4v) is 2.79. The standard InChI is InChI=1S/C21H22N4O4/c1-28-16-5-6-18(19(14-16)29-2)23-20(26)4-3-13-25-21(27)8-7-17(24-25)15-9-11-22-12-10-15/h5-12,14H,3-4,13H2,1-2H3,(H,23,26). The summed E-state index contributed by atoms with van der Waals surface area (Å²) in [5, 5.41) is 7.20. The highest BCUT2D eigenvalue weighted by molar-refractivity contribution is 5.92. The molecule has 8 heteroatoms. The van der Waals surface area contributed by atoms with Gasteiger partial charge < -0.3 is 14.8 Å². The van der Waals surface area contributed by atoms with Crippen LogP contribution in [-0.4, -0.2) is 34.9 Å². The van der Waals surface area contributed by atoms with Crippen LogP contribution < -0.4 is 20.3 Å². The number of nitrogens with zero attached hydrogens (tertiary/aromatic N) is 3. The Balaban J connectivity index is 1.60. The summed E-state index contributed by atoms with van der Waals surface area (Å²) in [5.41, 5.74) is 1.91. The molecular formula is C21H22N4O4. The van der Waals surface area contributed by atoms with E-state index in [1.807, 2.05) is 12.1 Å². The van der Waals surface area contributed by atoms with E-state index in [0.717, 1.165) is 5.56 Å². The van der Waals surface area contributed by atoms with Crippen molar-refractivity contribution in [1.82, 2.24) is 14.8 Å². The first-order chi connectivity index (χ1) is 14.1. The van der Waals surface area contributed by atoms with Crippen molar-refractivity contribution in [3.63, 3.8) is 0 Å².